The number of hydrogen-bond donors (Lipinski definition) is 0. The molecule has 0 radical (unpaired) electrons. The maximum absolute atomic E-state index is 4.44. The van der Waals surface area contributed by atoms with E-state index >= 15 is 0 Å². The summed E-state index contributed by atoms with van der Waals surface area (Å²) in [5.74, 6) is 0.973. The molecule has 0 aliphatic heterocycles. The second-order valence-electron chi connectivity index (χ2n) is 3.21. The van der Waals surface area contributed by atoms with Gasteiger partial charge in [-0.15, -0.1) is 5.10 Å². The molecule has 5 heteroatoms. The fraction of sp³-hybridized carbons (Fsp3) is 0.444. The minimum Gasteiger partial charge on any atom is -0.238 e. The van der Waals surface area contributed by atoms with Crippen LogP contribution in [-0.4, -0.2) is 19.6 Å². The van der Waals surface area contributed by atoms with Crippen LogP contribution in [0.1, 0.15) is 24.9 Å². The first kappa shape index (κ1) is 9.58. The van der Waals surface area contributed by atoms with Crippen LogP contribution in [0, 0.1) is 6.92 Å². The first-order chi connectivity index (χ1) is 6.70. The zero-order valence-electron chi connectivity index (χ0n) is 8.16. The van der Waals surface area contributed by atoms with Crippen LogP contribution in [0.5, 0.6) is 0 Å². The molecule has 0 aliphatic carbocycles. The molecular weight excluding hydrogens is 244 g/mol. The molecule has 4 nitrogen and oxygen atoms in total. The summed E-state index contributed by atoms with van der Waals surface area (Å²) in [5.41, 5.74) is 1.84. The summed E-state index contributed by atoms with van der Waals surface area (Å²) < 4.78 is 2.41. The highest BCUT2D eigenvalue weighted by Gasteiger charge is 2.06. The van der Waals surface area contributed by atoms with Crippen LogP contribution in [-0.2, 0) is 6.42 Å². The molecule has 2 heterocycles. The van der Waals surface area contributed by atoms with E-state index in [0.29, 0.717) is 4.73 Å². The first-order valence-electron chi connectivity index (χ1n) is 4.59. The van der Waals surface area contributed by atoms with Crippen molar-refractivity contribution < 1.29 is 0 Å². The van der Waals surface area contributed by atoms with E-state index in [1.807, 2.05) is 13.0 Å². The molecule has 0 spiro atoms. The molecule has 2 rings (SSSR count). The summed E-state index contributed by atoms with van der Waals surface area (Å²) in [5, 5.41) is 4.23. The monoisotopic (exact) mass is 254 g/mol. The van der Waals surface area contributed by atoms with Gasteiger partial charge in [0.25, 0.3) is 0 Å². The third-order valence-corrected chi connectivity index (χ3v) is 2.30. The highest BCUT2D eigenvalue weighted by atomic mass is 79.9. The van der Waals surface area contributed by atoms with Crippen LogP contribution in [0.4, 0.5) is 0 Å². The van der Waals surface area contributed by atoms with E-state index in [-0.39, 0.29) is 0 Å². The van der Waals surface area contributed by atoms with Crippen LogP contribution >= 0.6 is 15.9 Å². The Hall–Kier alpha value is -0.970. The standard InChI is InChI=1S/C9H11BrN4/c1-3-4-7-11-6(2)5-8-12-9(10)13-14(7)8/h5H,3-4H2,1-2H3. The van der Waals surface area contributed by atoms with E-state index in [1.54, 1.807) is 4.52 Å². The lowest BCUT2D eigenvalue weighted by Crippen LogP contribution is -2.03. The normalized spacial score (nSPS) is 11.1. The SMILES string of the molecule is CCCc1nc(C)cc2nc(Br)nn12. The molecular formula is C9H11BrN4. The second kappa shape index (κ2) is 3.65. The van der Waals surface area contributed by atoms with Gasteiger partial charge in [-0.25, -0.2) is 9.97 Å². The topological polar surface area (TPSA) is 43.1 Å². The third kappa shape index (κ3) is 1.64. The Balaban J connectivity index is 2.66. The Bertz CT molecular complexity index is 463. The van der Waals surface area contributed by atoms with E-state index < -0.39 is 0 Å². The highest BCUT2D eigenvalue weighted by Crippen LogP contribution is 2.10. The summed E-state index contributed by atoms with van der Waals surface area (Å²) in [4.78, 5) is 8.69. The molecule has 0 saturated carbocycles. The fourth-order valence-corrected chi connectivity index (χ4v) is 1.78. The molecule has 0 unspecified atom stereocenters. The van der Waals surface area contributed by atoms with E-state index in [1.165, 1.54) is 0 Å². The van der Waals surface area contributed by atoms with E-state index in [0.717, 1.165) is 30.0 Å². The predicted molar refractivity (Wildman–Crippen MR) is 57.2 cm³/mol. The van der Waals surface area contributed by atoms with Crippen LogP contribution in [0.2, 0.25) is 0 Å². The van der Waals surface area contributed by atoms with E-state index in [2.05, 4.69) is 37.9 Å². The number of hydrogen-bond acceptors (Lipinski definition) is 3. The maximum atomic E-state index is 4.44. The van der Waals surface area contributed by atoms with Gasteiger partial charge in [0.2, 0.25) is 4.73 Å². The van der Waals surface area contributed by atoms with Crippen molar-refractivity contribution in [3.63, 3.8) is 0 Å². The van der Waals surface area contributed by atoms with Gasteiger partial charge in [0.05, 0.1) is 0 Å². The van der Waals surface area contributed by atoms with Crippen molar-refractivity contribution in [2.45, 2.75) is 26.7 Å². The van der Waals surface area contributed by atoms with Crippen LogP contribution in [0.25, 0.3) is 5.65 Å². The lowest BCUT2D eigenvalue weighted by molar-refractivity contribution is 0.751. The predicted octanol–water partition coefficient (Wildman–Crippen LogP) is 2.15. The molecule has 0 fully saturated rings. The zero-order chi connectivity index (χ0) is 10.1. The number of aromatic nitrogens is 4. The van der Waals surface area contributed by atoms with Crippen LogP contribution in [0.3, 0.4) is 0 Å². The molecule has 0 aliphatic rings. The summed E-state index contributed by atoms with van der Waals surface area (Å²) in [7, 11) is 0. The van der Waals surface area contributed by atoms with Gasteiger partial charge in [-0.3, -0.25) is 0 Å². The first-order valence-corrected chi connectivity index (χ1v) is 5.39. The molecule has 74 valence electrons. The largest absolute Gasteiger partial charge is 0.238 e. The Labute approximate surface area is 90.5 Å². The molecule has 0 amide bonds. The molecule has 0 bridgehead atoms. The Kier molecular flexibility index (Phi) is 2.50. The lowest BCUT2D eigenvalue weighted by atomic mass is 10.3. The van der Waals surface area contributed by atoms with Gasteiger partial charge in [-0.05, 0) is 29.3 Å². The molecule has 0 aromatic carbocycles. The number of fused-ring (bicyclic) bond motifs is 1. The molecule has 2 aromatic rings. The Morgan fingerprint density at radius 3 is 2.93 bits per heavy atom. The van der Waals surface area contributed by atoms with Gasteiger partial charge in [0.15, 0.2) is 5.65 Å². The molecule has 2 aromatic heterocycles. The van der Waals surface area contributed by atoms with Crippen LogP contribution < -0.4 is 0 Å². The van der Waals surface area contributed by atoms with Gasteiger partial charge in [-0.2, -0.15) is 4.52 Å². The van der Waals surface area contributed by atoms with Crippen molar-refractivity contribution in [3.05, 3.63) is 22.3 Å². The third-order valence-electron chi connectivity index (χ3n) is 1.97. The number of nitrogens with zero attached hydrogens (tertiary/aromatic N) is 4. The minimum atomic E-state index is 0.613. The van der Waals surface area contributed by atoms with E-state index in [4.69, 9.17) is 0 Å². The van der Waals surface area contributed by atoms with Crippen LogP contribution in [0.15, 0.2) is 10.8 Å². The summed E-state index contributed by atoms with van der Waals surface area (Å²) in [6.07, 6.45) is 1.98. The number of rotatable bonds is 2. The number of halogens is 1. The Morgan fingerprint density at radius 1 is 1.43 bits per heavy atom. The summed E-state index contributed by atoms with van der Waals surface area (Å²) >= 11 is 3.26. The molecule has 14 heavy (non-hydrogen) atoms. The van der Waals surface area contributed by atoms with Crippen molar-refractivity contribution in [2.75, 3.05) is 0 Å². The minimum absolute atomic E-state index is 0.613. The van der Waals surface area contributed by atoms with Gasteiger partial charge >= 0.3 is 0 Å². The lowest BCUT2D eigenvalue weighted by Gasteiger charge is -2.02. The van der Waals surface area contributed by atoms with Crippen molar-refractivity contribution in [3.8, 4) is 0 Å². The average molecular weight is 255 g/mol. The van der Waals surface area contributed by atoms with E-state index in [9.17, 15) is 0 Å². The molecule has 0 saturated heterocycles. The molecule has 0 atom stereocenters. The van der Waals surface area contributed by atoms with Crippen molar-refractivity contribution in [2.24, 2.45) is 0 Å². The van der Waals surface area contributed by atoms with Gasteiger partial charge in [0.1, 0.15) is 5.82 Å². The zero-order valence-corrected chi connectivity index (χ0v) is 9.74. The van der Waals surface area contributed by atoms with Gasteiger partial charge in [0, 0.05) is 18.2 Å². The van der Waals surface area contributed by atoms with Gasteiger partial charge < -0.3 is 0 Å². The highest BCUT2D eigenvalue weighted by molar-refractivity contribution is 9.10. The molecule has 0 N–H and O–H groups in total. The summed E-state index contributed by atoms with van der Waals surface area (Å²) in [6, 6.07) is 1.93. The van der Waals surface area contributed by atoms with Crippen molar-refractivity contribution in [1.82, 2.24) is 19.6 Å². The quantitative estimate of drug-likeness (QED) is 0.825. The average Bonchev–Trinajstić information content (AvgIpc) is 2.45. The summed E-state index contributed by atoms with van der Waals surface area (Å²) in [6.45, 7) is 4.10. The fourth-order valence-electron chi connectivity index (χ4n) is 1.44. The maximum Gasteiger partial charge on any atom is 0.218 e. The second-order valence-corrected chi connectivity index (χ2v) is 3.92. The van der Waals surface area contributed by atoms with Gasteiger partial charge in [-0.1, -0.05) is 6.92 Å². The van der Waals surface area contributed by atoms with Crippen molar-refractivity contribution in [1.29, 1.82) is 0 Å². The Morgan fingerprint density at radius 2 is 2.21 bits per heavy atom. The smallest absolute Gasteiger partial charge is 0.218 e. The number of aryl methyl sites for hydroxylation is 2. The van der Waals surface area contributed by atoms with Crippen molar-refractivity contribution >= 4 is 21.6 Å².